The third-order valence-corrected chi connectivity index (χ3v) is 4.85. The summed E-state index contributed by atoms with van der Waals surface area (Å²) in [5.41, 5.74) is 0.954. The maximum Gasteiger partial charge on any atom is 0.328 e. The van der Waals surface area contributed by atoms with Crippen LogP contribution in [0.1, 0.15) is 40.0 Å². The predicted octanol–water partition coefficient (Wildman–Crippen LogP) is 3.36. The van der Waals surface area contributed by atoms with E-state index in [0.29, 0.717) is 11.1 Å². The highest BCUT2D eigenvalue weighted by Crippen LogP contribution is 2.16. The van der Waals surface area contributed by atoms with Crippen LogP contribution in [0.2, 0.25) is 0 Å². The summed E-state index contributed by atoms with van der Waals surface area (Å²) in [4.78, 5) is 49.0. The lowest BCUT2D eigenvalue weighted by Gasteiger charge is -2.15. The number of allylic oxidation sites excluding steroid dienone is 1. The molecule has 7 heteroatoms. The highest BCUT2D eigenvalue weighted by Gasteiger charge is 2.23. The Hall–Kier alpha value is -3.74. The van der Waals surface area contributed by atoms with Crippen molar-refractivity contribution in [2.45, 2.75) is 25.3 Å². The van der Waals surface area contributed by atoms with Crippen LogP contribution in [0.3, 0.4) is 0 Å². The molecule has 32 heavy (non-hydrogen) atoms. The minimum atomic E-state index is -0.883. The fourth-order valence-corrected chi connectivity index (χ4v) is 3.08. The predicted molar refractivity (Wildman–Crippen MR) is 119 cm³/mol. The SMILES string of the molecule is COC(=O)[C@H](CC=CC[C@H](NC(=O)c1ccccc1)C(=O)OC)CC(=O)c1ccccc1. The molecule has 2 aromatic rings. The third kappa shape index (κ3) is 7.50. The molecule has 0 aromatic heterocycles. The minimum Gasteiger partial charge on any atom is -0.469 e. The Morgan fingerprint density at radius 3 is 1.88 bits per heavy atom. The molecule has 0 fully saturated rings. The molecule has 1 N–H and O–H groups in total. The molecular weight excluding hydrogens is 410 g/mol. The average Bonchev–Trinajstić information content (AvgIpc) is 2.84. The first-order valence-corrected chi connectivity index (χ1v) is 10.2. The fraction of sp³-hybridized carbons (Fsp3) is 0.280. The smallest absolute Gasteiger partial charge is 0.328 e. The van der Waals surface area contributed by atoms with E-state index in [1.807, 2.05) is 6.07 Å². The molecule has 0 unspecified atom stereocenters. The molecule has 0 spiro atoms. The number of benzene rings is 2. The monoisotopic (exact) mass is 437 g/mol. The molecule has 2 rings (SSSR count). The van der Waals surface area contributed by atoms with E-state index in [2.05, 4.69) is 5.32 Å². The van der Waals surface area contributed by atoms with Crippen molar-refractivity contribution in [2.75, 3.05) is 14.2 Å². The molecule has 168 valence electrons. The van der Waals surface area contributed by atoms with Gasteiger partial charge in [-0.25, -0.2) is 4.79 Å². The molecule has 0 aliphatic rings. The fourth-order valence-electron chi connectivity index (χ4n) is 3.08. The summed E-state index contributed by atoms with van der Waals surface area (Å²) < 4.78 is 9.61. The number of amides is 1. The highest BCUT2D eigenvalue weighted by molar-refractivity contribution is 5.98. The van der Waals surface area contributed by atoms with Gasteiger partial charge in [-0.15, -0.1) is 0 Å². The molecule has 0 radical (unpaired) electrons. The molecule has 0 aliphatic carbocycles. The van der Waals surface area contributed by atoms with Crippen LogP contribution in [0.4, 0.5) is 0 Å². The van der Waals surface area contributed by atoms with Gasteiger partial charge in [-0.3, -0.25) is 14.4 Å². The van der Waals surface area contributed by atoms with Crippen molar-refractivity contribution in [2.24, 2.45) is 5.92 Å². The van der Waals surface area contributed by atoms with E-state index in [-0.39, 0.29) is 25.0 Å². The lowest BCUT2D eigenvalue weighted by Crippen LogP contribution is -2.41. The summed E-state index contributed by atoms with van der Waals surface area (Å²) in [5, 5.41) is 2.65. The zero-order valence-corrected chi connectivity index (χ0v) is 18.2. The normalized spacial score (nSPS) is 12.6. The number of ether oxygens (including phenoxy) is 2. The van der Waals surface area contributed by atoms with Crippen LogP contribution in [-0.4, -0.2) is 43.9 Å². The number of ketones is 1. The lowest BCUT2D eigenvalue weighted by molar-refractivity contribution is -0.145. The van der Waals surface area contributed by atoms with E-state index >= 15 is 0 Å². The number of hydrogen-bond acceptors (Lipinski definition) is 6. The second-order valence-corrected chi connectivity index (χ2v) is 7.07. The Morgan fingerprint density at radius 1 is 0.781 bits per heavy atom. The van der Waals surface area contributed by atoms with Gasteiger partial charge in [-0.05, 0) is 25.0 Å². The van der Waals surface area contributed by atoms with E-state index in [1.54, 1.807) is 66.7 Å². The zero-order valence-electron chi connectivity index (χ0n) is 18.2. The number of methoxy groups -OCH3 is 2. The Morgan fingerprint density at radius 2 is 1.31 bits per heavy atom. The van der Waals surface area contributed by atoms with Gasteiger partial charge in [0.05, 0.1) is 20.1 Å². The average molecular weight is 437 g/mol. The van der Waals surface area contributed by atoms with Gasteiger partial charge in [-0.1, -0.05) is 60.7 Å². The summed E-state index contributed by atoms with van der Waals surface area (Å²) >= 11 is 0. The van der Waals surface area contributed by atoms with E-state index in [4.69, 9.17) is 9.47 Å². The van der Waals surface area contributed by atoms with Crippen LogP contribution in [0.5, 0.6) is 0 Å². The van der Waals surface area contributed by atoms with Gasteiger partial charge in [0.2, 0.25) is 0 Å². The van der Waals surface area contributed by atoms with Gasteiger partial charge in [-0.2, -0.15) is 0 Å². The summed E-state index contributed by atoms with van der Waals surface area (Å²) in [6, 6.07) is 16.4. The molecule has 7 nitrogen and oxygen atoms in total. The minimum absolute atomic E-state index is 0.00615. The van der Waals surface area contributed by atoms with Crippen LogP contribution in [-0.2, 0) is 19.1 Å². The molecular formula is C25H27NO6. The Kier molecular flexibility index (Phi) is 9.84. The van der Waals surface area contributed by atoms with Gasteiger partial charge in [0.1, 0.15) is 6.04 Å². The van der Waals surface area contributed by atoms with E-state index < -0.39 is 29.8 Å². The van der Waals surface area contributed by atoms with Crippen LogP contribution >= 0.6 is 0 Å². The molecule has 0 saturated carbocycles. The Balaban J connectivity index is 1.99. The van der Waals surface area contributed by atoms with Crippen molar-refractivity contribution in [1.29, 1.82) is 0 Å². The number of esters is 2. The maximum atomic E-state index is 12.5. The Labute approximate surface area is 187 Å². The molecule has 0 saturated heterocycles. The van der Waals surface area contributed by atoms with E-state index in [0.717, 1.165) is 0 Å². The largest absolute Gasteiger partial charge is 0.469 e. The second-order valence-electron chi connectivity index (χ2n) is 7.07. The summed E-state index contributed by atoms with van der Waals surface area (Å²) in [6.07, 6.45) is 3.81. The van der Waals surface area contributed by atoms with Gasteiger partial charge >= 0.3 is 11.9 Å². The van der Waals surface area contributed by atoms with Crippen molar-refractivity contribution in [3.05, 3.63) is 83.9 Å². The summed E-state index contributed by atoms with van der Waals surface area (Å²) in [6.45, 7) is 0. The van der Waals surface area contributed by atoms with Crippen LogP contribution in [0.25, 0.3) is 0 Å². The Bertz CT molecular complexity index is 862. The van der Waals surface area contributed by atoms with E-state index in [9.17, 15) is 19.2 Å². The zero-order chi connectivity index (χ0) is 23.3. The number of carbonyl (C=O) groups excluding carboxylic acids is 4. The third-order valence-electron chi connectivity index (χ3n) is 4.85. The van der Waals surface area contributed by atoms with Crippen LogP contribution in [0, 0.1) is 5.92 Å². The van der Waals surface area contributed by atoms with Crippen molar-refractivity contribution < 1.29 is 28.7 Å². The second kappa shape index (κ2) is 12.8. The molecule has 2 atom stereocenters. The number of hydrogen-bond donors (Lipinski definition) is 1. The van der Waals surface area contributed by atoms with Crippen molar-refractivity contribution in [1.82, 2.24) is 5.32 Å². The summed E-state index contributed by atoms with van der Waals surface area (Å²) in [7, 11) is 2.52. The molecule has 1 amide bonds. The van der Waals surface area contributed by atoms with E-state index in [1.165, 1.54) is 14.2 Å². The van der Waals surface area contributed by atoms with Gasteiger partial charge in [0.15, 0.2) is 5.78 Å². The standard InChI is InChI=1S/C25H27NO6/c1-31-24(29)20(17-22(27)18-11-5-3-6-12-18)15-9-10-16-21(25(30)32-2)26-23(28)19-13-7-4-8-14-19/h3-14,20-21H,15-17H2,1-2H3,(H,26,28)/t20-,21+/m1/s1. The van der Waals surface area contributed by atoms with Gasteiger partial charge in [0.25, 0.3) is 5.91 Å². The van der Waals surface area contributed by atoms with Crippen LogP contribution < -0.4 is 5.32 Å². The molecule has 0 heterocycles. The number of carbonyl (C=O) groups is 4. The maximum absolute atomic E-state index is 12.5. The number of nitrogens with one attached hydrogen (secondary N) is 1. The number of Topliss-reactive ketones (excluding diaryl/α,β-unsaturated/α-hetero) is 1. The van der Waals surface area contributed by atoms with Gasteiger partial charge < -0.3 is 14.8 Å². The quantitative estimate of drug-likeness (QED) is 0.329. The first-order chi connectivity index (χ1) is 15.5. The first kappa shape index (κ1) is 24.5. The van der Waals surface area contributed by atoms with Crippen molar-refractivity contribution >= 4 is 23.6 Å². The first-order valence-electron chi connectivity index (χ1n) is 10.2. The molecule has 0 aliphatic heterocycles. The lowest BCUT2D eigenvalue weighted by atomic mass is 9.95. The molecule has 0 bridgehead atoms. The van der Waals surface area contributed by atoms with Crippen molar-refractivity contribution in [3.63, 3.8) is 0 Å². The topological polar surface area (TPSA) is 98.8 Å². The van der Waals surface area contributed by atoms with Crippen molar-refractivity contribution in [3.8, 4) is 0 Å². The molecule has 2 aromatic carbocycles. The van der Waals surface area contributed by atoms with Gasteiger partial charge in [0, 0.05) is 17.5 Å². The summed E-state index contributed by atoms with van der Waals surface area (Å²) in [5.74, 6) is -2.27. The highest BCUT2D eigenvalue weighted by atomic mass is 16.5. The van der Waals surface area contributed by atoms with Crippen LogP contribution in [0.15, 0.2) is 72.8 Å². The number of rotatable bonds is 11.